The predicted octanol–water partition coefficient (Wildman–Crippen LogP) is 1.26. The van der Waals surface area contributed by atoms with Gasteiger partial charge in [-0.15, -0.1) is 0 Å². The smallest absolute Gasteiger partial charge is 0.225 e. The SMILES string of the molecule is CC(C)C(C)C(=O)N1CCC(C)(O)C1. The highest BCUT2D eigenvalue weighted by Gasteiger charge is 2.35. The molecule has 0 saturated carbocycles. The fourth-order valence-electron chi connectivity index (χ4n) is 1.71. The van der Waals surface area contributed by atoms with Crippen LogP contribution in [0.5, 0.6) is 0 Å². The molecular formula is C11H21NO2. The van der Waals surface area contributed by atoms with Gasteiger partial charge in [0.05, 0.1) is 5.60 Å². The summed E-state index contributed by atoms with van der Waals surface area (Å²) in [6.07, 6.45) is 0.698. The quantitative estimate of drug-likeness (QED) is 0.727. The molecule has 1 saturated heterocycles. The van der Waals surface area contributed by atoms with E-state index >= 15 is 0 Å². The normalized spacial score (nSPS) is 29.7. The van der Waals surface area contributed by atoms with Crippen molar-refractivity contribution in [1.82, 2.24) is 4.90 Å². The molecule has 1 rings (SSSR count). The summed E-state index contributed by atoms with van der Waals surface area (Å²) in [4.78, 5) is 13.7. The molecule has 1 aliphatic rings. The summed E-state index contributed by atoms with van der Waals surface area (Å²) in [6, 6.07) is 0. The Morgan fingerprint density at radius 1 is 1.43 bits per heavy atom. The molecule has 2 atom stereocenters. The van der Waals surface area contributed by atoms with Gasteiger partial charge < -0.3 is 10.0 Å². The van der Waals surface area contributed by atoms with Crippen LogP contribution in [0.2, 0.25) is 0 Å². The van der Waals surface area contributed by atoms with E-state index in [1.165, 1.54) is 0 Å². The number of hydrogen-bond acceptors (Lipinski definition) is 2. The minimum absolute atomic E-state index is 0.0592. The minimum Gasteiger partial charge on any atom is -0.388 e. The van der Waals surface area contributed by atoms with Crippen LogP contribution in [0.15, 0.2) is 0 Å². The standard InChI is InChI=1S/C11H21NO2/c1-8(2)9(3)10(13)12-6-5-11(4,14)7-12/h8-9,14H,5-7H2,1-4H3. The van der Waals surface area contributed by atoms with Crippen molar-refractivity contribution in [2.45, 2.75) is 39.7 Å². The van der Waals surface area contributed by atoms with Crippen molar-refractivity contribution in [3.63, 3.8) is 0 Å². The van der Waals surface area contributed by atoms with Gasteiger partial charge in [-0.2, -0.15) is 0 Å². The van der Waals surface area contributed by atoms with E-state index < -0.39 is 5.60 Å². The van der Waals surface area contributed by atoms with Gasteiger partial charge in [-0.1, -0.05) is 20.8 Å². The first-order chi connectivity index (χ1) is 6.33. The molecule has 1 aliphatic heterocycles. The van der Waals surface area contributed by atoms with Crippen molar-refractivity contribution in [3.8, 4) is 0 Å². The number of rotatable bonds is 2. The third-order valence-electron chi connectivity index (χ3n) is 3.15. The number of likely N-dealkylation sites (tertiary alicyclic amines) is 1. The first kappa shape index (κ1) is 11.5. The maximum absolute atomic E-state index is 11.9. The Balaban J connectivity index is 2.56. The number of amides is 1. The molecule has 1 N–H and O–H groups in total. The molecule has 0 radical (unpaired) electrons. The lowest BCUT2D eigenvalue weighted by Crippen LogP contribution is -2.38. The summed E-state index contributed by atoms with van der Waals surface area (Å²) >= 11 is 0. The van der Waals surface area contributed by atoms with Crippen LogP contribution in [0.4, 0.5) is 0 Å². The second kappa shape index (κ2) is 3.89. The molecule has 3 nitrogen and oxygen atoms in total. The first-order valence-electron chi connectivity index (χ1n) is 5.34. The Labute approximate surface area is 86.1 Å². The first-order valence-corrected chi connectivity index (χ1v) is 5.34. The summed E-state index contributed by atoms with van der Waals surface area (Å²) in [7, 11) is 0. The van der Waals surface area contributed by atoms with E-state index in [1.807, 2.05) is 6.92 Å². The number of nitrogens with zero attached hydrogens (tertiary/aromatic N) is 1. The Bertz CT molecular complexity index is 223. The topological polar surface area (TPSA) is 40.5 Å². The number of carbonyl (C=O) groups excluding carboxylic acids is 1. The molecule has 0 aliphatic carbocycles. The molecule has 1 heterocycles. The lowest BCUT2D eigenvalue weighted by atomic mass is 9.97. The van der Waals surface area contributed by atoms with Crippen LogP contribution in [0.25, 0.3) is 0 Å². The van der Waals surface area contributed by atoms with Gasteiger partial charge in [0.1, 0.15) is 0 Å². The van der Waals surface area contributed by atoms with Crippen molar-refractivity contribution in [2.75, 3.05) is 13.1 Å². The van der Waals surface area contributed by atoms with Crippen LogP contribution in [-0.4, -0.2) is 34.6 Å². The third kappa shape index (κ3) is 2.47. The third-order valence-corrected chi connectivity index (χ3v) is 3.15. The molecule has 0 aromatic carbocycles. The largest absolute Gasteiger partial charge is 0.388 e. The fraction of sp³-hybridized carbons (Fsp3) is 0.909. The van der Waals surface area contributed by atoms with E-state index in [0.717, 1.165) is 0 Å². The number of carbonyl (C=O) groups is 1. The summed E-state index contributed by atoms with van der Waals surface area (Å²) in [5.74, 6) is 0.606. The molecule has 0 bridgehead atoms. The monoisotopic (exact) mass is 199 g/mol. The fourth-order valence-corrected chi connectivity index (χ4v) is 1.71. The van der Waals surface area contributed by atoms with Crippen LogP contribution < -0.4 is 0 Å². The zero-order valence-corrected chi connectivity index (χ0v) is 9.58. The van der Waals surface area contributed by atoms with Gasteiger partial charge in [0.25, 0.3) is 0 Å². The molecule has 1 fully saturated rings. The Morgan fingerprint density at radius 3 is 2.36 bits per heavy atom. The van der Waals surface area contributed by atoms with Crippen molar-refractivity contribution in [3.05, 3.63) is 0 Å². The van der Waals surface area contributed by atoms with Gasteiger partial charge in [0.15, 0.2) is 0 Å². The maximum atomic E-state index is 11.9. The minimum atomic E-state index is -0.674. The summed E-state index contributed by atoms with van der Waals surface area (Å²) in [5, 5.41) is 9.74. The van der Waals surface area contributed by atoms with E-state index in [1.54, 1.807) is 11.8 Å². The van der Waals surface area contributed by atoms with Gasteiger partial charge in [-0.3, -0.25) is 4.79 Å². The van der Waals surface area contributed by atoms with Crippen molar-refractivity contribution >= 4 is 5.91 Å². The van der Waals surface area contributed by atoms with Crippen molar-refractivity contribution < 1.29 is 9.90 Å². The average Bonchev–Trinajstić information content (AvgIpc) is 2.43. The highest BCUT2D eigenvalue weighted by Crippen LogP contribution is 2.23. The summed E-state index contributed by atoms with van der Waals surface area (Å²) in [6.45, 7) is 9.04. The molecular weight excluding hydrogens is 178 g/mol. The predicted molar refractivity (Wildman–Crippen MR) is 55.8 cm³/mol. The Hall–Kier alpha value is -0.570. The zero-order valence-electron chi connectivity index (χ0n) is 9.58. The van der Waals surface area contributed by atoms with E-state index in [4.69, 9.17) is 0 Å². The Kier molecular flexibility index (Phi) is 3.20. The van der Waals surface area contributed by atoms with Crippen LogP contribution in [0, 0.1) is 11.8 Å². The second-order valence-corrected chi connectivity index (χ2v) is 5.04. The van der Waals surface area contributed by atoms with Gasteiger partial charge in [0.2, 0.25) is 5.91 Å². The molecule has 82 valence electrons. The zero-order chi connectivity index (χ0) is 10.9. The van der Waals surface area contributed by atoms with Crippen LogP contribution >= 0.6 is 0 Å². The number of hydrogen-bond donors (Lipinski definition) is 1. The molecule has 3 heteroatoms. The van der Waals surface area contributed by atoms with Gasteiger partial charge in [0, 0.05) is 19.0 Å². The van der Waals surface area contributed by atoms with E-state index in [-0.39, 0.29) is 11.8 Å². The molecule has 0 aromatic rings. The van der Waals surface area contributed by atoms with Crippen LogP contribution in [0.1, 0.15) is 34.1 Å². The lowest BCUT2D eigenvalue weighted by Gasteiger charge is -2.24. The van der Waals surface area contributed by atoms with Gasteiger partial charge in [-0.25, -0.2) is 0 Å². The lowest BCUT2D eigenvalue weighted by molar-refractivity contribution is -0.136. The number of aliphatic hydroxyl groups is 1. The summed E-state index contributed by atoms with van der Waals surface area (Å²) in [5.41, 5.74) is -0.674. The Morgan fingerprint density at radius 2 is 2.00 bits per heavy atom. The van der Waals surface area contributed by atoms with E-state index in [0.29, 0.717) is 25.4 Å². The molecule has 1 amide bonds. The highest BCUT2D eigenvalue weighted by atomic mass is 16.3. The van der Waals surface area contributed by atoms with Crippen LogP contribution in [0.3, 0.4) is 0 Å². The van der Waals surface area contributed by atoms with E-state index in [9.17, 15) is 9.90 Å². The molecule has 0 spiro atoms. The summed E-state index contributed by atoms with van der Waals surface area (Å²) < 4.78 is 0. The molecule has 2 unspecified atom stereocenters. The van der Waals surface area contributed by atoms with E-state index in [2.05, 4.69) is 13.8 Å². The average molecular weight is 199 g/mol. The number of β-amino-alcohol motifs (C(OH)–C–C–N with tert-alkyl or cyclic N) is 1. The van der Waals surface area contributed by atoms with Crippen molar-refractivity contribution in [2.24, 2.45) is 11.8 Å². The highest BCUT2D eigenvalue weighted by molar-refractivity contribution is 5.79. The van der Waals surface area contributed by atoms with Gasteiger partial charge >= 0.3 is 0 Å². The van der Waals surface area contributed by atoms with Crippen molar-refractivity contribution in [1.29, 1.82) is 0 Å². The second-order valence-electron chi connectivity index (χ2n) is 5.04. The maximum Gasteiger partial charge on any atom is 0.225 e. The van der Waals surface area contributed by atoms with Gasteiger partial charge in [-0.05, 0) is 19.3 Å². The molecule has 0 aromatic heterocycles. The van der Waals surface area contributed by atoms with Crippen LogP contribution in [-0.2, 0) is 4.79 Å². The molecule has 14 heavy (non-hydrogen) atoms.